The van der Waals surface area contributed by atoms with Crippen LogP contribution in [0.1, 0.15) is 35.7 Å². The number of piperidine rings is 1. The predicted molar refractivity (Wildman–Crippen MR) is 78.3 cm³/mol. The predicted octanol–water partition coefficient (Wildman–Crippen LogP) is 2.02. The monoisotopic (exact) mass is 271 g/mol. The highest BCUT2D eigenvalue weighted by Crippen LogP contribution is 2.16. The van der Waals surface area contributed by atoms with E-state index >= 15 is 0 Å². The van der Waals surface area contributed by atoms with Crippen LogP contribution in [0, 0.1) is 17.2 Å². The van der Waals surface area contributed by atoms with Crippen LogP contribution in [0.15, 0.2) is 24.3 Å². The fourth-order valence-corrected chi connectivity index (χ4v) is 2.54. The van der Waals surface area contributed by atoms with E-state index in [2.05, 4.69) is 23.2 Å². The van der Waals surface area contributed by atoms with Crippen molar-refractivity contribution in [1.82, 2.24) is 10.2 Å². The lowest BCUT2D eigenvalue weighted by Gasteiger charge is -2.31. The molecule has 1 aromatic carbocycles. The van der Waals surface area contributed by atoms with Crippen molar-refractivity contribution in [3.05, 3.63) is 35.4 Å². The molecule has 0 unspecified atom stereocenters. The molecular formula is C16H21N3O. The zero-order chi connectivity index (χ0) is 14.4. The number of benzene rings is 1. The molecule has 0 atom stereocenters. The van der Waals surface area contributed by atoms with Gasteiger partial charge in [0.2, 0.25) is 0 Å². The van der Waals surface area contributed by atoms with Crippen molar-refractivity contribution in [2.45, 2.75) is 19.8 Å². The molecule has 1 amide bonds. The van der Waals surface area contributed by atoms with E-state index in [0.717, 1.165) is 39.0 Å². The smallest absolute Gasteiger partial charge is 0.251 e. The fourth-order valence-electron chi connectivity index (χ4n) is 2.54. The first kappa shape index (κ1) is 14.5. The topological polar surface area (TPSA) is 56.1 Å². The first-order valence-corrected chi connectivity index (χ1v) is 7.23. The molecule has 0 radical (unpaired) electrons. The van der Waals surface area contributed by atoms with Gasteiger partial charge in [0.15, 0.2) is 0 Å². The van der Waals surface area contributed by atoms with Crippen LogP contribution in [0.25, 0.3) is 0 Å². The average molecular weight is 271 g/mol. The number of rotatable bonds is 4. The second-order valence-electron chi connectivity index (χ2n) is 5.28. The molecule has 0 aliphatic carbocycles. The van der Waals surface area contributed by atoms with Crippen LogP contribution in [0.2, 0.25) is 0 Å². The van der Waals surface area contributed by atoms with Gasteiger partial charge in [0, 0.05) is 12.1 Å². The van der Waals surface area contributed by atoms with Gasteiger partial charge in [0.05, 0.1) is 11.6 Å². The number of likely N-dealkylation sites (tertiary alicyclic amines) is 1. The maximum atomic E-state index is 12.0. The van der Waals surface area contributed by atoms with Gasteiger partial charge in [-0.1, -0.05) is 6.92 Å². The molecule has 106 valence electrons. The zero-order valence-electron chi connectivity index (χ0n) is 11.9. The van der Waals surface area contributed by atoms with Gasteiger partial charge in [-0.25, -0.2) is 0 Å². The first-order valence-electron chi connectivity index (χ1n) is 7.23. The summed E-state index contributed by atoms with van der Waals surface area (Å²) in [7, 11) is 0. The van der Waals surface area contributed by atoms with Crippen molar-refractivity contribution in [2.24, 2.45) is 5.92 Å². The molecule has 4 nitrogen and oxygen atoms in total. The minimum Gasteiger partial charge on any atom is -0.352 e. The molecule has 1 saturated heterocycles. The molecule has 1 aromatic rings. The van der Waals surface area contributed by atoms with Crippen LogP contribution in [-0.2, 0) is 0 Å². The van der Waals surface area contributed by atoms with Crippen molar-refractivity contribution in [3.8, 4) is 6.07 Å². The normalized spacial score (nSPS) is 16.6. The van der Waals surface area contributed by atoms with Gasteiger partial charge in [0.1, 0.15) is 0 Å². The molecular weight excluding hydrogens is 250 g/mol. The molecule has 1 aliphatic heterocycles. The Morgan fingerprint density at radius 2 is 2.00 bits per heavy atom. The Balaban J connectivity index is 1.79. The molecule has 1 aliphatic rings. The highest BCUT2D eigenvalue weighted by molar-refractivity contribution is 5.94. The Bertz CT molecular complexity index is 481. The Morgan fingerprint density at radius 3 is 2.55 bits per heavy atom. The summed E-state index contributed by atoms with van der Waals surface area (Å²) in [5.74, 6) is 0.535. The minimum absolute atomic E-state index is 0.0487. The SMILES string of the molecule is CCN1CCC(CNC(=O)c2ccc(C#N)cc2)CC1. The van der Waals surface area contributed by atoms with E-state index in [-0.39, 0.29) is 5.91 Å². The van der Waals surface area contributed by atoms with Gasteiger partial charge in [0.25, 0.3) is 5.91 Å². The third kappa shape index (κ3) is 3.82. The molecule has 0 aromatic heterocycles. The number of carbonyl (C=O) groups excluding carboxylic acids is 1. The van der Waals surface area contributed by atoms with Crippen molar-refractivity contribution in [3.63, 3.8) is 0 Å². The maximum absolute atomic E-state index is 12.0. The highest BCUT2D eigenvalue weighted by atomic mass is 16.1. The summed E-state index contributed by atoms with van der Waals surface area (Å²) in [4.78, 5) is 14.4. The van der Waals surface area contributed by atoms with E-state index in [4.69, 9.17) is 5.26 Å². The molecule has 2 rings (SSSR count). The lowest BCUT2D eigenvalue weighted by atomic mass is 9.96. The zero-order valence-corrected chi connectivity index (χ0v) is 11.9. The average Bonchev–Trinajstić information content (AvgIpc) is 2.53. The molecule has 20 heavy (non-hydrogen) atoms. The van der Waals surface area contributed by atoms with Gasteiger partial charge in [-0.3, -0.25) is 4.79 Å². The first-order chi connectivity index (χ1) is 9.72. The van der Waals surface area contributed by atoms with E-state index in [9.17, 15) is 4.79 Å². The Hall–Kier alpha value is -1.86. The van der Waals surface area contributed by atoms with Gasteiger partial charge in [-0.2, -0.15) is 5.26 Å². The van der Waals surface area contributed by atoms with Crippen LogP contribution < -0.4 is 5.32 Å². The highest BCUT2D eigenvalue weighted by Gasteiger charge is 2.18. The van der Waals surface area contributed by atoms with Gasteiger partial charge in [-0.15, -0.1) is 0 Å². The second kappa shape index (κ2) is 7.06. The largest absolute Gasteiger partial charge is 0.352 e. The summed E-state index contributed by atoms with van der Waals surface area (Å²) in [5, 5.41) is 11.7. The summed E-state index contributed by atoms with van der Waals surface area (Å²) < 4.78 is 0. The van der Waals surface area contributed by atoms with Crippen LogP contribution in [0.3, 0.4) is 0 Å². The molecule has 1 N–H and O–H groups in total. The summed E-state index contributed by atoms with van der Waals surface area (Å²) in [6, 6.07) is 8.80. The summed E-state index contributed by atoms with van der Waals surface area (Å²) in [6.45, 7) is 6.31. The lowest BCUT2D eigenvalue weighted by molar-refractivity contribution is 0.0937. The number of carbonyl (C=O) groups is 1. The summed E-state index contributed by atoms with van der Waals surface area (Å²) in [5.41, 5.74) is 1.20. The summed E-state index contributed by atoms with van der Waals surface area (Å²) in [6.07, 6.45) is 2.31. The second-order valence-corrected chi connectivity index (χ2v) is 5.28. The van der Waals surface area contributed by atoms with Crippen molar-refractivity contribution >= 4 is 5.91 Å². The Kier molecular flexibility index (Phi) is 5.14. The third-order valence-corrected chi connectivity index (χ3v) is 3.98. The van der Waals surface area contributed by atoms with Crippen molar-refractivity contribution in [1.29, 1.82) is 5.26 Å². The van der Waals surface area contributed by atoms with Crippen LogP contribution in [0.4, 0.5) is 0 Å². The third-order valence-electron chi connectivity index (χ3n) is 3.98. The number of nitrogens with zero attached hydrogens (tertiary/aromatic N) is 2. The Morgan fingerprint density at radius 1 is 1.35 bits per heavy atom. The van der Waals surface area contributed by atoms with Crippen LogP contribution in [0.5, 0.6) is 0 Å². The van der Waals surface area contributed by atoms with Gasteiger partial charge >= 0.3 is 0 Å². The van der Waals surface area contributed by atoms with Crippen LogP contribution >= 0.6 is 0 Å². The number of nitriles is 1. The maximum Gasteiger partial charge on any atom is 0.251 e. The standard InChI is InChI=1S/C16H21N3O/c1-2-19-9-7-14(8-10-19)12-18-16(20)15-5-3-13(11-17)4-6-15/h3-6,14H,2,7-10,12H2,1H3,(H,18,20). The Labute approximate surface area is 120 Å². The van der Waals surface area contributed by atoms with Gasteiger partial charge < -0.3 is 10.2 Å². The molecule has 0 spiro atoms. The van der Waals surface area contributed by atoms with Gasteiger partial charge in [-0.05, 0) is 62.7 Å². The molecule has 4 heteroatoms. The van der Waals surface area contributed by atoms with E-state index in [1.807, 2.05) is 0 Å². The quantitative estimate of drug-likeness (QED) is 0.911. The van der Waals surface area contributed by atoms with E-state index < -0.39 is 0 Å². The van der Waals surface area contributed by atoms with Crippen molar-refractivity contribution < 1.29 is 4.79 Å². The van der Waals surface area contributed by atoms with E-state index in [1.54, 1.807) is 24.3 Å². The molecule has 0 saturated carbocycles. The summed E-state index contributed by atoms with van der Waals surface area (Å²) >= 11 is 0. The number of hydrogen-bond donors (Lipinski definition) is 1. The van der Waals surface area contributed by atoms with Crippen molar-refractivity contribution in [2.75, 3.05) is 26.2 Å². The molecule has 0 bridgehead atoms. The fraction of sp³-hybridized carbons (Fsp3) is 0.500. The lowest BCUT2D eigenvalue weighted by Crippen LogP contribution is -2.38. The number of nitrogens with one attached hydrogen (secondary N) is 1. The number of amides is 1. The number of hydrogen-bond acceptors (Lipinski definition) is 3. The minimum atomic E-state index is -0.0487. The van der Waals surface area contributed by atoms with Crippen LogP contribution in [-0.4, -0.2) is 37.0 Å². The molecule has 1 fully saturated rings. The van der Waals surface area contributed by atoms with E-state index in [1.165, 1.54) is 0 Å². The molecule has 1 heterocycles. The van der Waals surface area contributed by atoms with E-state index in [0.29, 0.717) is 17.0 Å².